The van der Waals surface area contributed by atoms with Crippen LogP contribution in [0, 0.1) is 0 Å². The molecule has 8 nitrogen and oxygen atoms in total. The lowest BCUT2D eigenvalue weighted by Crippen LogP contribution is -2.54. The Kier molecular flexibility index (Phi) is 3.44. The van der Waals surface area contributed by atoms with Crippen LogP contribution in [0.3, 0.4) is 0 Å². The summed E-state index contributed by atoms with van der Waals surface area (Å²) in [7, 11) is 0. The van der Waals surface area contributed by atoms with Gasteiger partial charge in [0.05, 0.1) is 0 Å². The smallest absolute Gasteiger partial charge is 0.329 e. The molecule has 1 aliphatic rings. The molecule has 8 heteroatoms. The SMILES string of the molecule is CC(=O)ON1CC(=O)N(OC(C)=O)CC1=O. The van der Waals surface area contributed by atoms with Crippen LogP contribution in [0.25, 0.3) is 0 Å². The van der Waals surface area contributed by atoms with Crippen molar-refractivity contribution in [1.29, 1.82) is 0 Å². The Hall–Kier alpha value is -2.12. The molecule has 1 saturated heterocycles. The van der Waals surface area contributed by atoms with E-state index in [1.54, 1.807) is 0 Å². The summed E-state index contributed by atoms with van der Waals surface area (Å²) in [4.78, 5) is 52.8. The first-order chi connectivity index (χ1) is 7.40. The van der Waals surface area contributed by atoms with Crippen LogP contribution in [0.2, 0.25) is 0 Å². The van der Waals surface area contributed by atoms with Crippen molar-refractivity contribution >= 4 is 23.8 Å². The van der Waals surface area contributed by atoms with Crippen LogP contribution >= 0.6 is 0 Å². The van der Waals surface area contributed by atoms with Gasteiger partial charge in [-0.25, -0.2) is 0 Å². The van der Waals surface area contributed by atoms with Crippen LogP contribution in [0.5, 0.6) is 0 Å². The average Bonchev–Trinajstić information content (AvgIpc) is 2.11. The maximum Gasteiger partial charge on any atom is 0.329 e. The van der Waals surface area contributed by atoms with Crippen molar-refractivity contribution in [3.63, 3.8) is 0 Å². The van der Waals surface area contributed by atoms with Crippen molar-refractivity contribution < 1.29 is 28.9 Å². The van der Waals surface area contributed by atoms with Gasteiger partial charge in [-0.05, 0) is 0 Å². The van der Waals surface area contributed by atoms with E-state index in [1.807, 2.05) is 0 Å². The molecule has 0 saturated carbocycles. The first kappa shape index (κ1) is 12.0. The molecule has 0 N–H and O–H groups in total. The van der Waals surface area contributed by atoms with Gasteiger partial charge >= 0.3 is 11.9 Å². The number of carbonyl (C=O) groups excluding carboxylic acids is 4. The van der Waals surface area contributed by atoms with Crippen molar-refractivity contribution in [2.24, 2.45) is 0 Å². The van der Waals surface area contributed by atoms with Crippen molar-refractivity contribution in [1.82, 2.24) is 10.1 Å². The highest BCUT2D eigenvalue weighted by molar-refractivity contribution is 5.92. The van der Waals surface area contributed by atoms with Crippen LogP contribution in [0.15, 0.2) is 0 Å². The third-order valence-corrected chi connectivity index (χ3v) is 1.59. The average molecular weight is 230 g/mol. The van der Waals surface area contributed by atoms with Gasteiger partial charge in [-0.2, -0.15) is 10.1 Å². The van der Waals surface area contributed by atoms with E-state index < -0.39 is 36.8 Å². The second-order valence-electron chi connectivity index (χ2n) is 3.03. The Bertz CT molecular complexity index is 318. The number of amides is 2. The van der Waals surface area contributed by atoms with Crippen molar-refractivity contribution in [2.75, 3.05) is 13.1 Å². The van der Waals surface area contributed by atoms with Crippen molar-refractivity contribution in [3.05, 3.63) is 0 Å². The summed E-state index contributed by atoms with van der Waals surface area (Å²) in [5.41, 5.74) is 0. The molecule has 0 spiro atoms. The second-order valence-corrected chi connectivity index (χ2v) is 3.03. The van der Waals surface area contributed by atoms with Crippen LogP contribution in [0.4, 0.5) is 0 Å². The van der Waals surface area contributed by atoms with Crippen LogP contribution in [0.1, 0.15) is 13.8 Å². The van der Waals surface area contributed by atoms with E-state index >= 15 is 0 Å². The molecule has 0 radical (unpaired) electrons. The Morgan fingerprint density at radius 1 is 0.938 bits per heavy atom. The zero-order valence-electron chi connectivity index (χ0n) is 8.76. The first-order valence-electron chi connectivity index (χ1n) is 4.38. The van der Waals surface area contributed by atoms with E-state index in [-0.39, 0.29) is 0 Å². The molecule has 2 amide bonds. The van der Waals surface area contributed by atoms with E-state index in [1.165, 1.54) is 0 Å². The van der Waals surface area contributed by atoms with Gasteiger partial charge in [0.1, 0.15) is 13.1 Å². The summed E-state index contributed by atoms with van der Waals surface area (Å²) in [5, 5.41) is 1.26. The highest BCUT2D eigenvalue weighted by Gasteiger charge is 2.34. The molecule has 0 aromatic rings. The van der Waals surface area contributed by atoms with Gasteiger partial charge in [0.2, 0.25) is 0 Å². The molecular weight excluding hydrogens is 220 g/mol. The van der Waals surface area contributed by atoms with Gasteiger partial charge in [-0.15, -0.1) is 0 Å². The molecule has 1 heterocycles. The number of hydrogen-bond donors (Lipinski definition) is 0. The Morgan fingerprint density at radius 2 is 1.25 bits per heavy atom. The van der Waals surface area contributed by atoms with Crippen molar-refractivity contribution in [2.45, 2.75) is 13.8 Å². The maximum absolute atomic E-state index is 11.3. The summed E-state index contributed by atoms with van der Waals surface area (Å²) >= 11 is 0. The fourth-order valence-corrected chi connectivity index (χ4v) is 1.06. The standard InChI is InChI=1S/C8H10N2O6/c1-5(11)15-9-3-8(14)10(4-7(9)13)16-6(2)12/h3-4H2,1-2H3. The van der Waals surface area contributed by atoms with Crippen LogP contribution in [-0.4, -0.2) is 47.0 Å². The van der Waals surface area contributed by atoms with E-state index in [9.17, 15) is 19.2 Å². The number of rotatable bonds is 2. The van der Waals surface area contributed by atoms with Gasteiger partial charge in [-0.1, -0.05) is 0 Å². The summed E-state index contributed by atoms with van der Waals surface area (Å²) in [6, 6.07) is 0. The first-order valence-corrected chi connectivity index (χ1v) is 4.38. The lowest BCUT2D eigenvalue weighted by molar-refractivity contribution is -0.227. The minimum atomic E-state index is -0.706. The lowest BCUT2D eigenvalue weighted by Gasteiger charge is -2.30. The molecule has 1 fully saturated rings. The summed E-state index contributed by atoms with van der Waals surface area (Å²) in [6.07, 6.45) is 0. The summed E-state index contributed by atoms with van der Waals surface area (Å²) in [5.74, 6) is -2.70. The van der Waals surface area contributed by atoms with Crippen LogP contribution in [-0.2, 0) is 28.9 Å². The maximum atomic E-state index is 11.3. The molecule has 0 bridgehead atoms. The number of hydroxylamine groups is 4. The predicted molar refractivity (Wildman–Crippen MR) is 47.0 cm³/mol. The largest absolute Gasteiger partial charge is 0.338 e. The molecule has 0 aromatic heterocycles. The molecular formula is C8H10N2O6. The third-order valence-electron chi connectivity index (χ3n) is 1.59. The van der Waals surface area contributed by atoms with Gasteiger partial charge in [0.25, 0.3) is 11.8 Å². The minimum absolute atomic E-state index is 0.467. The van der Waals surface area contributed by atoms with Crippen molar-refractivity contribution in [3.8, 4) is 0 Å². The van der Waals surface area contributed by atoms with E-state index in [2.05, 4.69) is 9.68 Å². The van der Waals surface area contributed by atoms with Gasteiger partial charge in [0.15, 0.2) is 0 Å². The van der Waals surface area contributed by atoms with Gasteiger partial charge < -0.3 is 9.68 Å². The van der Waals surface area contributed by atoms with Gasteiger partial charge in [-0.3, -0.25) is 19.2 Å². The zero-order chi connectivity index (χ0) is 12.3. The fourth-order valence-electron chi connectivity index (χ4n) is 1.06. The Balaban J connectivity index is 2.63. The Morgan fingerprint density at radius 3 is 1.50 bits per heavy atom. The molecule has 1 rings (SSSR count). The third kappa shape index (κ3) is 2.94. The van der Waals surface area contributed by atoms with E-state index in [4.69, 9.17) is 0 Å². The topological polar surface area (TPSA) is 93.2 Å². The van der Waals surface area contributed by atoms with E-state index in [0.29, 0.717) is 10.1 Å². The summed E-state index contributed by atoms with van der Waals surface area (Å²) in [6.45, 7) is 1.28. The minimum Gasteiger partial charge on any atom is -0.338 e. The second kappa shape index (κ2) is 4.60. The molecule has 0 atom stereocenters. The van der Waals surface area contributed by atoms with Gasteiger partial charge in [0, 0.05) is 13.8 Å². The molecule has 0 aromatic carbocycles. The highest BCUT2D eigenvalue weighted by atomic mass is 16.7. The highest BCUT2D eigenvalue weighted by Crippen LogP contribution is 2.06. The van der Waals surface area contributed by atoms with Crippen LogP contribution < -0.4 is 0 Å². The number of piperazine rings is 1. The summed E-state index contributed by atoms with van der Waals surface area (Å²) < 4.78 is 0. The zero-order valence-corrected chi connectivity index (χ0v) is 8.76. The molecule has 1 aliphatic heterocycles. The fraction of sp³-hybridized carbons (Fsp3) is 0.500. The van der Waals surface area contributed by atoms with E-state index in [0.717, 1.165) is 13.8 Å². The quantitative estimate of drug-likeness (QED) is 0.580. The molecule has 0 aliphatic carbocycles. The molecule has 0 unspecified atom stereocenters. The Labute approximate surface area is 90.6 Å². The number of nitrogens with zero attached hydrogens (tertiary/aromatic N) is 2. The normalized spacial score (nSPS) is 16.1. The lowest BCUT2D eigenvalue weighted by atomic mass is 10.4. The number of hydrogen-bond acceptors (Lipinski definition) is 6. The molecule has 88 valence electrons. The monoisotopic (exact) mass is 230 g/mol. The predicted octanol–water partition coefficient (Wildman–Crippen LogP) is -1.39. The number of carbonyl (C=O) groups is 4. The molecule has 16 heavy (non-hydrogen) atoms.